The fourth-order valence-corrected chi connectivity index (χ4v) is 3.54. The van der Waals surface area contributed by atoms with E-state index in [1.807, 2.05) is 37.4 Å². The first kappa shape index (κ1) is 16.8. The van der Waals surface area contributed by atoms with Gasteiger partial charge in [-0.3, -0.25) is 9.69 Å². The summed E-state index contributed by atoms with van der Waals surface area (Å²) in [6.07, 6.45) is 3.22. The molecule has 5 nitrogen and oxygen atoms in total. The summed E-state index contributed by atoms with van der Waals surface area (Å²) in [5.74, 6) is 0.872. The summed E-state index contributed by atoms with van der Waals surface area (Å²) in [6.45, 7) is 7.19. The maximum Gasteiger partial charge on any atom is 0.261 e. The number of aryl methyl sites for hydroxylation is 2. The number of rotatable bonds is 5. The molecule has 2 aromatic rings. The van der Waals surface area contributed by atoms with Crippen LogP contribution >= 0.6 is 11.3 Å². The minimum Gasteiger partial charge on any atom is -0.348 e. The molecule has 0 fully saturated rings. The van der Waals surface area contributed by atoms with E-state index in [-0.39, 0.29) is 5.91 Å². The molecule has 0 bridgehead atoms. The fourth-order valence-electron chi connectivity index (χ4n) is 2.90. The first-order valence-electron chi connectivity index (χ1n) is 8.13. The van der Waals surface area contributed by atoms with E-state index < -0.39 is 0 Å². The molecule has 1 N–H and O–H groups in total. The highest BCUT2D eigenvalue weighted by Gasteiger charge is 2.15. The second-order valence-electron chi connectivity index (χ2n) is 6.09. The average Bonchev–Trinajstić information content (AvgIpc) is 3.06. The second kappa shape index (κ2) is 7.68. The van der Waals surface area contributed by atoms with Gasteiger partial charge in [0.25, 0.3) is 5.91 Å². The van der Waals surface area contributed by atoms with E-state index in [0.29, 0.717) is 6.54 Å². The van der Waals surface area contributed by atoms with E-state index in [1.54, 1.807) is 0 Å². The van der Waals surface area contributed by atoms with Crippen LogP contribution in [0, 0.1) is 13.8 Å². The minimum atomic E-state index is 0.000616. The molecule has 3 rings (SSSR count). The topological polar surface area (TPSA) is 58.1 Å². The highest BCUT2D eigenvalue weighted by atomic mass is 32.1. The van der Waals surface area contributed by atoms with Gasteiger partial charge in [-0.1, -0.05) is 12.1 Å². The van der Waals surface area contributed by atoms with Crippen molar-refractivity contribution in [2.75, 3.05) is 19.6 Å². The highest BCUT2D eigenvalue weighted by Crippen LogP contribution is 2.13. The summed E-state index contributed by atoms with van der Waals surface area (Å²) >= 11 is 1.46. The van der Waals surface area contributed by atoms with Gasteiger partial charge in [-0.15, -0.1) is 11.3 Å². The number of nitrogens with zero attached hydrogens (tertiary/aromatic N) is 3. The number of carbonyl (C=O) groups is 1. The maximum absolute atomic E-state index is 12.0. The van der Waals surface area contributed by atoms with Crippen LogP contribution in [0.1, 0.15) is 33.3 Å². The lowest BCUT2D eigenvalue weighted by atomic mass is 10.1. The van der Waals surface area contributed by atoms with Gasteiger partial charge in [-0.25, -0.2) is 9.97 Å². The third-order valence-corrected chi connectivity index (χ3v) is 4.79. The molecule has 0 spiro atoms. The molecule has 0 saturated heterocycles. The van der Waals surface area contributed by atoms with Crippen LogP contribution in [-0.2, 0) is 6.54 Å². The molecule has 0 saturated carbocycles. The van der Waals surface area contributed by atoms with Crippen molar-refractivity contribution >= 4 is 17.2 Å². The van der Waals surface area contributed by atoms with E-state index in [0.717, 1.165) is 48.1 Å². The highest BCUT2D eigenvalue weighted by molar-refractivity contribution is 7.12. The van der Waals surface area contributed by atoms with Crippen LogP contribution in [0.15, 0.2) is 35.2 Å². The Balaban J connectivity index is 1.54. The lowest BCUT2D eigenvalue weighted by Crippen LogP contribution is -2.35. The summed E-state index contributed by atoms with van der Waals surface area (Å²) in [7, 11) is 0. The number of nitrogens with one attached hydrogen (secondary N) is 1. The van der Waals surface area contributed by atoms with E-state index >= 15 is 0 Å². The Morgan fingerprint density at radius 3 is 2.83 bits per heavy atom. The minimum absolute atomic E-state index is 0.000616. The number of hydrogen-bond donors (Lipinski definition) is 1. The molecule has 0 aromatic carbocycles. The lowest BCUT2D eigenvalue weighted by molar-refractivity contribution is 0.0960. The largest absolute Gasteiger partial charge is 0.348 e. The SMILES string of the molecule is Cc1cc(C)nc(CN2CCC=C(CNC(=O)c3cccs3)C2)n1. The maximum atomic E-state index is 12.0. The Morgan fingerprint density at radius 2 is 2.12 bits per heavy atom. The molecule has 0 aliphatic carbocycles. The van der Waals surface area contributed by atoms with Gasteiger partial charge in [0.1, 0.15) is 5.82 Å². The molecule has 1 aliphatic heterocycles. The van der Waals surface area contributed by atoms with Gasteiger partial charge in [-0.2, -0.15) is 0 Å². The van der Waals surface area contributed by atoms with E-state index in [4.69, 9.17) is 0 Å². The van der Waals surface area contributed by atoms with Gasteiger partial charge in [0.05, 0.1) is 11.4 Å². The quantitative estimate of drug-likeness (QED) is 0.849. The molecule has 0 unspecified atom stereocenters. The van der Waals surface area contributed by atoms with Crippen LogP contribution in [0.25, 0.3) is 0 Å². The fraction of sp³-hybridized carbons (Fsp3) is 0.389. The summed E-state index contributed by atoms with van der Waals surface area (Å²) in [4.78, 5) is 24.2. The number of thiophene rings is 1. The van der Waals surface area contributed by atoms with Crippen molar-refractivity contribution in [3.05, 3.63) is 57.3 Å². The first-order chi connectivity index (χ1) is 11.6. The summed E-state index contributed by atoms with van der Waals surface area (Å²) in [6, 6.07) is 5.73. The number of amides is 1. The van der Waals surface area contributed by atoms with Gasteiger partial charge in [-0.05, 0) is 43.4 Å². The smallest absolute Gasteiger partial charge is 0.261 e. The van der Waals surface area contributed by atoms with Crippen LogP contribution in [-0.4, -0.2) is 40.4 Å². The van der Waals surface area contributed by atoms with Crippen LogP contribution in [0.4, 0.5) is 0 Å². The van der Waals surface area contributed by atoms with Crippen molar-refractivity contribution in [3.8, 4) is 0 Å². The normalized spacial score (nSPS) is 15.2. The lowest BCUT2D eigenvalue weighted by Gasteiger charge is -2.26. The first-order valence-corrected chi connectivity index (χ1v) is 9.01. The average molecular weight is 342 g/mol. The van der Waals surface area contributed by atoms with Crippen LogP contribution in [0.5, 0.6) is 0 Å². The Labute approximate surface area is 146 Å². The zero-order chi connectivity index (χ0) is 16.9. The Kier molecular flexibility index (Phi) is 5.37. The molecule has 2 aromatic heterocycles. The Morgan fingerprint density at radius 1 is 1.33 bits per heavy atom. The van der Waals surface area contributed by atoms with Crippen molar-refractivity contribution in [1.82, 2.24) is 20.2 Å². The number of carbonyl (C=O) groups excluding carboxylic acids is 1. The second-order valence-corrected chi connectivity index (χ2v) is 7.04. The van der Waals surface area contributed by atoms with E-state index in [1.165, 1.54) is 16.9 Å². The van der Waals surface area contributed by atoms with Crippen molar-refractivity contribution in [2.45, 2.75) is 26.8 Å². The van der Waals surface area contributed by atoms with Crippen LogP contribution in [0.2, 0.25) is 0 Å². The third-order valence-electron chi connectivity index (χ3n) is 3.92. The Hall–Kier alpha value is -2.05. The summed E-state index contributed by atoms with van der Waals surface area (Å²) in [5, 5.41) is 4.92. The molecular weight excluding hydrogens is 320 g/mol. The number of aromatic nitrogens is 2. The standard InChI is InChI=1S/C18H22N4OS/c1-13-9-14(2)21-17(20-13)12-22-7-3-5-15(11-22)10-19-18(23)16-6-4-8-24-16/h4-6,8-9H,3,7,10-12H2,1-2H3,(H,19,23). The third kappa shape index (κ3) is 4.49. The Bertz CT molecular complexity index is 719. The zero-order valence-electron chi connectivity index (χ0n) is 14.1. The van der Waals surface area contributed by atoms with Crippen molar-refractivity contribution in [2.24, 2.45) is 0 Å². The van der Waals surface area contributed by atoms with Gasteiger partial charge in [0, 0.05) is 31.0 Å². The molecule has 24 heavy (non-hydrogen) atoms. The van der Waals surface area contributed by atoms with Crippen molar-refractivity contribution in [1.29, 1.82) is 0 Å². The van der Waals surface area contributed by atoms with E-state index in [9.17, 15) is 4.79 Å². The van der Waals surface area contributed by atoms with Crippen LogP contribution in [0.3, 0.4) is 0 Å². The molecule has 1 amide bonds. The van der Waals surface area contributed by atoms with E-state index in [2.05, 4.69) is 26.3 Å². The molecule has 0 atom stereocenters. The molecule has 0 radical (unpaired) electrons. The molecule has 126 valence electrons. The van der Waals surface area contributed by atoms with Gasteiger partial charge >= 0.3 is 0 Å². The van der Waals surface area contributed by atoms with Gasteiger partial charge in [0.15, 0.2) is 0 Å². The monoisotopic (exact) mass is 342 g/mol. The summed E-state index contributed by atoms with van der Waals surface area (Å²) in [5.41, 5.74) is 3.26. The van der Waals surface area contributed by atoms with Gasteiger partial charge in [0.2, 0.25) is 0 Å². The molecule has 3 heterocycles. The van der Waals surface area contributed by atoms with Crippen molar-refractivity contribution in [3.63, 3.8) is 0 Å². The number of hydrogen-bond acceptors (Lipinski definition) is 5. The zero-order valence-corrected chi connectivity index (χ0v) is 14.9. The summed E-state index contributed by atoms with van der Waals surface area (Å²) < 4.78 is 0. The molecule has 1 aliphatic rings. The molecular formula is C18H22N4OS. The predicted octanol–water partition coefficient (Wildman–Crippen LogP) is 2.72. The predicted molar refractivity (Wildman–Crippen MR) is 96.1 cm³/mol. The van der Waals surface area contributed by atoms with Crippen molar-refractivity contribution < 1.29 is 4.79 Å². The molecule has 6 heteroatoms. The van der Waals surface area contributed by atoms with Gasteiger partial charge < -0.3 is 5.32 Å². The van der Waals surface area contributed by atoms with Crippen LogP contribution < -0.4 is 5.32 Å².